The third kappa shape index (κ3) is 53.8. The van der Waals surface area contributed by atoms with Gasteiger partial charge >= 0.3 is 0 Å². The van der Waals surface area contributed by atoms with Crippen molar-refractivity contribution in [3.63, 3.8) is 0 Å². The molecular weight excluding hydrogens is 1300 g/mol. The van der Waals surface area contributed by atoms with Crippen molar-refractivity contribution in [2.45, 2.75) is 401 Å². The van der Waals surface area contributed by atoms with Crippen LogP contribution < -0.4 is 9.80 Å². The number of para-hydroxylation sites is 2. The summed E-state index contributed by atoms with van der Waals surface area (Å²) in [5.74, 6) is 0. The van der Waals surface area contributed by atoms with Gasteiger partial charge in [0.2, 0.25) is 0 Å². The van der Waals surface area contributed by atoms with Gasteiger partial charge in [-0.2, -0.15) is 0 Å². The van der Waals surface area contributed by atoms with E-state index >= 15 is 0 Å². The van der Waals surface area contributed by atoms with Crippen LogP contribution in [0.3, 0.4) is 0 Å². The van der Waals surface area contributed by atoms with Crippen LogP contribution in [0.5, 0.6) is 0 Å². The summed E-state index contributed by atoms with van der Waals surface area (Å²) in [6.45, 7) is 96.4. The van der Waals surface area contributed by atoms with E-state index in [2.05, 4.69) is 287 Å². The molecule has 8 aliphatic rings. The predicted molar refractivity (Wildman–Crippen MR) is 499 cm³/mol. The molecule has 3 radical (unpaired) electrons. The number of benzene rings is 4. The molecule has 107 heavy (non-hydrogen) atoms. The van der Waals surface area contributed by atoms with Gasteiger partial charge in [-0.15, -0.1) is 0 Å². The van der Waals surface area contributed by atoms with Crippen molar-refractivity contribution in [3.05, 3.63) is 130 Å². The van der Waals surface area contributed by atoms with Crippen molar-refractivity contribution in [2.75, 3.05) is 95.9 Å². The highest BCUT2D eigenvalue weighted by Gasteiger charge is 2.23. The lowest BCUT2D eigenvalue weighted by Gasteiger charge is -2.34. The van der Waals surface area contributed by atoms with Crippen molar-refractivity contribution in [2.24, 2.45) is 0 Å². The number of nitrogens with zero attached hydrogens (tertiary/aromatic N) is 9. The lowest BCUT2D eigenvalue weighted by Crippen LogP contribution is -2.41. The summed E-state index contributed by atoms with van der Waals surface area (Å²) >= 11 is 0. The van der Waals surface area contributed by atoms with Crippen LogP contribution in [0.25, 0.3) is 0 Å². The topological polar surface area (TPSA) is 28.9 Å². The highest BCUT2D eigenvalue weighted by atomic mass is 15.3. The van der Waals surface area contributed by atoms with E-state index in [1.807, 2.05) is 125 Å². The zero-order valence-electron chi connectivity index (χ0n) is 78.9. The molecule has 0 aliphatic carbocycles. The minimum atomic E-state index is 0. The number of rotatable bonds is 8. The largest absolute Gasteiger partial charge is 0.369 e. The molecule has 9 nitrogen and oxygen atoms in total. The summed E-state index contributed by atoms with van der Waals surface area (Å²) in [4.78, 5) is 22.2. The van der Waals surface area contributed by atoms with Gasteiger partial charge in [0.15, 0.2) is 0 Å². The van der Waals surface area contributed by atoms with E-state index in [0.717, 1.165) is 43.8 Å². The first-order valence-electron chi connectivity index (χ1n) is 44.2. The van der Waals surface area contributed by atoms with E-state index in [-0.39, 0.29) is 15.8 Å². The van der Waals surface area contributed by atoms with Gasteiger partial charge in [-0.3, -0.25) is 14.7 Å². The van der Waals surface area contributed by atoms with E-state index in [1.54, 1.807) is 5.56 Å². The van der Waals surface area contributed by atoms with Crippen LogP contribution in [0, 0.1) is 0 Å². The van der Waals surface area contributed by atoms with Crippen LogP contribution in [0.2, 0.25) is 0 Å². The summed E-state index contributed by atoms with van der Waals surface area (Å²) in [6, 6.07) is 40.7. The summed E-state index contributed by atoms with van der Waals surface area (Å²) < 4.78 is 0. The van der Waals surface area contributed by atoms with E-state index in [4.69, 9.17) is 0 Å². The Bertz CT molecular complexity index is 2400. The van der Waals surface area contributed by atoms with E-state index in [1.165, 1.54) is 175 Å². The second kappa shape index (κ2) is 76.3. The van der Waals surface area contributed by atoms with Crippen LogP contribution in [0.4, 0.5) is 11.4 Å². The van der Waals surface area contributed by atoms with Gasteiger partial charge in [0.05, 0.1) is 0 Å². The summed E-state index contributed by atoms with van der Waals surface area (Å²) in [7, 11) is 4.17. The molecule has 10 heteroatoms. The lowest BCUT2D eigenvalue weighted by atomic mass is 9.99. The maximum Gasteiger partial charge on any atom is 0.0401 e. The molecule has 0 aromatic heterocycles. The number of hydrogen-bond acceptors (Lipinski definition) is 9. The predicted octanol–water partition coefficient (Wildman–Crippen LogP) is 26.2. The molecule has 0 amide bonds. The van der Waals surface area contributed by atoms with E-state index < -0.39 is 0 Å². The highest BCUT2D eigenvalue weighted by Crippen LogP contribution is 2.30. The molecule has 8 heterocycles. The van der Waals surface area contributed by atoms with Crippen LogP contribution >= 0.6 is 0 Å². The molecule has 4 saturated heterocycles. The first kappa shape index (κ1) is 119. The SMILES string of the molecule is C.CC.CC.CC.CC.CC.CC.CC.CC.CC.CC(C)N1CC1.CC(C)N1CCC1.CC(C)N1CCCC1.CC(C)N1CCCCC1.CC(C)N1CCCc2ccccc21.CC(C)N1CCc2ccccc21.CC(C)N1CCc2ccccc2C1.CC(C)N1Cc2ccccc2C1.CN(C)C(C)(C)C.[B]. The molecule has 4 fully saturated rings. The first-order chi connectivity index (χ1) is 50.3. The third-order valence-corrected chi connectivity index (χ3v) is 19.0. The van der Waals surface area contributed by atoms with Gasteiger partial charge in [0, 0.05) is 126 Å². The van der Waals surface area contributed by atoms with Crippen LogP contribution in [0.1, 0.15) is 342 Å². The minimum absolute atomic E-state index is 0. The number of piperidine rings is 1. The Labute approximate surface area is 677 Å². The number of fused-ring (bicyclic) bond motifs is 4. The third-order valence-electron chi connectivity index (χ3n) is 19.0. The van der Waals surface area contributed by atoms with Crippen molar-refractivity contribution >= 4 is 19.8 Å². The summed E-state index contributed by atoms with van der Waals surface area (Å²) in [5.41, 5.74) is 12.3. The first-order valence-corrected chi connectivity index (χ1v) is 44.2. The van der Waals surface area contributed by atoms with Crippen LogP contribution in [0.15, 0.2) is 97.1 Å². The molecule has 0 saturated carbocycles. The van der Waals surface area contributed by atoms with Gasteiger partial charge < -0.3 is 29.4 Å². The molecule has 8 aliphatic heterocycles. The van der Waals surface area contributed by atoms with Gasteiger partial charge in [0.1, 0.15) is 0 Å². The van der Waals surface area contributed by atoms with Crippen LogP contribution in [-0.4, -0.2) is 183 Å². The second-order valence-electron chi connectivity index (χ2n) is 29.2. The Morgan fingerprint density at radius 2 is 0.495 bits per heavy atom. The van der Waals surface area contributed by atoms with Gasteiger partial charge in [-0.25, -0.2) is 0 Å². The fourth-order valence-electron chi connectivity index (χ4n) is 11.8. The fourth-order valence-corrected chi connectivity index (χ4v) is 11.8. The zero-order chi connectivity index (χ0) is 82.2. The molecule has 0 spiro atoms. The number of aryl methyl sites for hydroxylation is 1. The van der Waals surface area contributed by atoms with Crippen molar-refractivity contribution in [1.82, 2.24) is 34.3 Å². The second-order valence-corrected chi connectivity index (χ2v) is 29.2. The molecule has 12 rings (SSSR count). The fraction of sp³-hybridized carbons (Fsp3) is 0.753. The molecular formula is C97H193BN9. The normalized spacial score (nSPS) is 15.4. The molecule has 0 unspecified atom stereocenters. The highest BCUT2D eigenvalue weighted by molar-refractivity contribution is 5.75. The molecule has 4 aromatic rings. The maximum absolute atomic E-state index is 2.56. The average Bonchev–Trinajstić information content (AvgIpc) is 1.78. The monoisotopic (exact) mass is 1500 g/mol. The summed E-state index contributed by atoms with van der Waals surface area (Å²) in [6.07, 6.45) is 13.5. The standard InChI is InChI=1S/2C12H17N.2C11H15N.C8H17N.C7H15N.C6H13N.C6H15N.C5H11N.9C2H6.CH4.B/c1-10(2)13-9-5-7-11-6-3-4-8-12(11)13;1-10(2)13-8-7-11-5-3-4-6-12(11)9-13;1-9(2)12-7-10-5-3-4-6-11(10)8-12;1-9(2)12-8-7-10-5-3-4-6-11(10)12;1-8(2)9-6-4-3-5-7-9;1-7(2)8-5-3-4-6-8;1-6(2)7-4-3-5-7;1-6(2,3)7(4)5;1-5(2)6-3-4-6;9*1-2;;/h3-4,6,8,10H,5,7,9H2,1-2H3;3-6,10H,7-9H2,1-2H3;2*3-6,9H,7-8H2,1-2H3;8H,3-7H2,1-2H3;7H,3-6H2,1-2H3;6H,3-5H2,1-2H3;1-5H3;5H,3-4H2,1-2H3;9*1-2H3;1H4;. The van der Waals surface area contributed by atoms with E-state index in [9.17, 15) is 0 Å². The van der Waals surface area contributed by atoms with Gasteiger partial charge in [0.25, 0.3) is 0 Å². The van der Waals surface area contributed by atoms with Crippen molar-refractivity contribution < 1.29 is 0 Å². The molecule has 0 atom stereocenters. The van der Waals surface area contributed by atoms with E-state index in [0.29, 0.717) is 29.7 Å². The van der Waals surface area contributed by atoms with Crippen molar-refractivity contribution in [1.29, 1.82) is 0 Å². The quantitative estimate of drug-likeness (QED) is 0.126. The van der Waals surface area contributed by atoms with Gasteiger partial charge in [-0.05, 0) is 288 Å². The Kier molecular flexibility index (Phi) is 84.8. The molecule has 629 valence electrons. The number of likely N-dealkylation sites (tertiary alicyclic amines) is 3. The molecule has 4 aromatic carbocycles. The minimum Gasteiger partial charge on any atom is -0.369 e. The maximum atomic E-state index is 2.56. The lowest BCUT2D eigenvalue weighted by molar-refractivity contribution is 0.138. The van der Waals surface area contributed by atoms with Crippen molar-refractivity contribution in [3.8, 4) is 0 Å². The number of hydrogen-bond donors (Lipinski definition) is 0. The molecule has 0 bridgehead atoms. The molecule has 0 N–H and O–H groups in total. The number of anilines is 2. The zero-order valence-corrected chi connectivity index (χ0v) is 78.9. The summed E-state index contributed by atoms with van der Waals surface area (Å²) in [5, 5.41) is 0. The van der Waals surface area contributed by atoms with Gasteiger partial charge in [-0.1, -0.05) is 223 Å². The Morgan fingerprint density at radius 1 is 0.252 bits per heavy atom. The Balaban J connectivity index is -0.000000168. The smallest absolute Gasteiger partial charge is 0.0401 e. The Morgan fingerprint density at radius 3 is 0.766 bits per heavy atom. The van der Waals surface area contributed by atoms with Crippen LogP contribution in [-0.2, 0) is 38.9 Å². The Hall–Kier alpha value is -3.74. The average molecular weight is 1500 g/mol.